The van der Waals surface area contributed by atoms with Gasteiger partial charge < -0.3 is 13.9 Å². The lowest BCUT2D eigenvalue weighted by atomic mass is 9.99. The van der Waals surface area contributed by atoms with E-state index >= 15 is 0 Å². The van der Waals surface area contributed by atoms with E-state index in [1.807, 2.05) is 44.2 Å². The van der Waals surface area contributed by atoms with Crippen LogP contribution in [0.2, 0.25) is 0 Å². The van der Waals surface area contributed by atoms with Gasteiger partial charge in [-0.1, -0.05) is 6.07 Å². The standard InChI is InChI=1S/C20H17N3O3/c1-12-10-14(26-20-16-7-9-25-17(16)6-8-21-20)4-5-15(12)19-13(2)23-22-11-18(19)24-3/h4-11H,1-3H3. The maximum Gasteiger partial charge on any atom is 0.230 e. The molecule has 0 atom stereocenters. The van der Waals surface area contributed by atoms with Crippen molar-refractivity contribution in [3.05, 3.63) is 60.2 Å². The predicted octanol–water partition coefficient (Wildman–Crippen LogP) is 4.70. The number of fused-ring (bicyclic) bond motifs is 1. The molecule has 3 heterocycles. The van der Waals surface area contributed by atoms with Gasteiger partial charge in [0.05, 0.1) is 30.6 Å². The zero-order valence-electron chi connectivity index (χ0n) is 14.7. The minimum Gasteiger partial charge on any atom is -0.494 e. The smallest absolute Gasteiger partial charge is 0.230 e. The molecular formula is C20H17N3O3. The van der Waals surface area contributed by atoms with Gasteiger partial charge in [0.1, 0.15) is 17.1 Å². The minimum absolute atomic E-state index is 0.516. The van der Waals surface area contributed by atoms with Crippen LogP contribution in [0.25, 0.3) is 22.1 Å². The number of hydrogen-bond donors (Lipinski definition) is 0. The number of pyridine rings is 1. The van der Waals surface area contributed by atoms with Gasteiger partial charge in [0.2, 0.25) is 5.88 Å². The molecule has 0 unspecified atom stereocenters. The van der Waals surface area contributed by atoms with Gasteiger partial charge in [0.15, 0.2) is 0 Å². The van der Waals surface area contributed by atoms with Crippen LogP contribution in [0, 0.1) is 13.8 Å². The van der Waals surface area contributed by atoms with Gasteiger partial charge in [-0.25, -0.2) is 4.98 Å². The predicted molar refractivity (Wildman–Crippen MR) is 97.6 cm³/mol. The molecule has 0 aliphatic carbocycles. The number of nitrogens with zero attached hydrogens (tertiary/aromatic N) is 3. The van der Waals surface area contributed by atoms with Crippen LogP contribution in [-0.2, 0) is 0 Å². The van der Waals surface area contributed by atoms with Crippen molar-refractivity contribution in [1.82, 2.24) is 15.2 Å². The first-order valence-electron chi connectivity index (χ1n) is 8.14. The maximum atomic E-state index is 5.98. The number of furan rings is 1. The first kappa shape index (κ1) is 16.1. The molecule has 0 N–H and O–H groups in total. The van der Waals surface area contributed by atoms with Crippen molar-refractivity contribution < 1.29 is 13.9 Å². The zero-order chi connectivity index (χ0) is 18.1. The van der Waals surface area contributed by atoms with Crippen molar-refractivity contribution in [3.63, 3.8) is 0 Å². The third-order valence-corrected chi connectivity index (χ3v) is 4.24. The summed E-state index contributed by atoms with van der Waals surface area (Å²) in [5.41, 5.74) is 4.55. The molecule has 4 aromatic rings. The van der Waals surface area contributed by atoms with Gasteiger partial charge in [-0.15, -0.1) is 0 Å². The Morgan fingerprint density at radius 3 is 2.77 bits per heavy atom. The van der Waals surface area contributed by atoms with Crippen molar-refractivity contribution in [2.24, 2.45) is 0 Å². The van der Waals surface area contributed by atoms with E-state index in [1.165, 1.54) is 0 Å². The molecule has 0 fully saturated rings. The van der Waals surface area contributed by atoms with Crippen LogP contribution in [-0.4, -0.2) is 22.3 Å². The van der Waals surface area contributed by atoms with E-state index in [0.717, 1.165) is 33.4 Å². The van der Waals surface area contributed by atoms with Crippen LogP contribution in [0.4, 0.5) is 0 Å². The summed E-state index contributed by atoms with van der Waals surface area (Å²) in [6, 6.07) is 9.52. The van der Waals surface area contributed by atoms with Crippen LogP contribution in [0.3, 0.4) is 0 Å². The highest BCUT2D eigenvalue weighted by Crippen LogP contribution is 2.36. The van der Waals surface area contributed by atoms with Crippen molar-refractivity contribution in [3.8, 4) is 28.5 Å². The second kappa shape index (κ2) is 6.48. The van der Waals surface area contributed by atoms with E-state index in [9.17, 15) is 0 Å². The van der Waals surface area contributed by atoms with Crippen molar-refractivity contribution >= 4 is 11.0 Å². The second-order valence-electron chi connectivity index (χ2n) is 5.90. The molecule has 4 rings (SSSR count). The van der Waals surface area contributed by atoms with Gasteiger partial charge in [-0.05, 0) is 49.2 Å². The molecule has 0 amide bonds. The first-order chi connectivity index (χ1) is 12.7. The van der Waals surface area contributed by atoms with E-state index in [4.69, 9.17) is 13.9 Å². The Morgan fingerprint density at radius 2 is 1.96 bits per heavy atom. The zero-order valence-corrected chi connectivity index (χ0v) is 14.7. The monoisotopic (exact) mass is 347 g/mol. The Bertz CT molecular complexity index is 1090. The van der Waals surface area contributed by atoms with Crippen LogP contribution >= 0.6 is 0 Å². The van der Waals surface area contributed by atoms with E-state index in [0.29, 0.717) is 17.4 Å². The maximum absolute atomic E-state index is 5.98. The van der Waals surface area contributed by atoms with Crippen LogP contribution in [0.15, 0.2) is 53.4 Å². The molecule has 6 heteroatoms. The average molecular weight is 347 g/mol. The fourth-order valence-corrected chi connectivity index (χ4v) is 2.99. The largest absolute Gasteiger partial charge is 0.494 e. The number of benzene rings is 1. The van der Waals surface area contributed by atoms with Crippen LogP contribution in [0.1, 0.15) is 11.3 Å². The highest BCUT2D eigenvalue weighted by molar-refractivity contribution is 5.82. The molecule has 0 radical (unpaired) electrons. The molecule has 6 nitrogen and oxygen atoms in total. The highest BCUT2D eigenvalue weighted by atomic mass is 16.5. The van der Waals surface area contributed by atoms with E-state index in [2.05, 4.69) is 15.2 Å². The molecule has 0 saturated heterocycles. The summed E-state index contributed by atoms with van der Waals surface area (Å²) in [7, 11) is 1.63. The number of hydrogen-bond acceptors (Lipinski definition) is 6. The topological polar surface area (TPSA) is 70.3 Å². The SMILES string of the molecule is COc1cnnc(C)c1-c1ccc(Oc2nccc3occc23)cc1C. The fraction of sp³-hybridized carbons (Fsp3) is 0.150. The van der Waals surface area contributed by atoms with Gasteiger partial charge in [0.25, 0.3) is 0 Å². The summed E-state index contributed by atoms with van der Waals surface area (Å²) in [6.07, 6.45) is 4.91. The third kappa shape index (κ3) is 2.75. The summed E-state index contributed by atoms with van der Waals surface area (Å²) in [6.45, 7) is 3.94. The molecule has 0 spiro atoms. The lowest BCUT2D eigenvalue weighted by molar-refractivity contribution is 0.412. The summed E-state index contributed by atoms with van der Waals surface area (Å²) in [5, 5.41) is 8.93. The number of methoxy groups -OCH3 is 1. The normalized spacial score (nSPS) is 10.9. The van der Waals surface area contributed by atoms with E-state index in [1.54, 1.807) is 25.8 Å². The van der Waals surface area contributed by atoms with E-state index in [-0.39, 0.29) is 0 Å². The fourth-order valence-electron chi connectivity index (χ4n) is 2.99. The Balaban J connectivity index is 1.72. The summed E-state index contributed by atoms with van der Waals surface area (Å²) >= 11 is 0. The second-order valence-corrected chi connectivity index (χ2v) is 5.90. The molecule has 0 aliphatic rings. The quantitative estimate of drug-likeness (QED) is 0.533. The molecular weight excluding hydrogens is 330 g/mol. The number of aromatic nitrogens is 3. The van der Waals surface area contributed by atoms with Crippen molar-refractivity contribution in [2.75, 3.05) is 7.11 Å². The third-order valence-electron chi connectivity index (χ3n) is 4.24. The molecule has 26 heavy (non-hydrogen) atoms. The minimum atomic E-state index is 0.516. The molecule has 0 saturated carbocycles. The molecule has 0 bridgehead atoms. The van der Waals surface area contributed by atoms with Crippen molar-refractivity contribution in [1.29, 1.82) is 0 Å². The average Bonchev–Trinajstić information content (AvgIpc) is 3.12. The van der Waals surface area contributed by atoms with Gasteiger partial charge in [-0.2, -0.15) is 10.2 Å². The summed E-state index contributed by atoms with van der Waals surface area (Å²) in [4.78, 5) is 4.31. The number of aryl methyl sites for hydroxylation is 2. The lowest BCUT2D eigenvalue weighted by Crippen LogP contribution is -1.98. The Labute approximate surface area is 150 Å². The molecule has 130 valence electrons. The first-order valence-corrected chi connectivity index (χ1v) is 8.14. The van der Waals surface area contributed by atoms with Gasteiger partial charge in [-0.3, -0.25) is 0 Å². The summed E-state index contributed by atoms with van der Waals surface area (Å²) < 4.78 is 16.8. The Morgan fingerprint density at radius 1 is 1.08 bits per heavy atom. The van der Waals surface area contributed by atoms with E-state index < -0.39 is 0 Å². The van der Waals surface area contributed by atoms with Gasteiger partial charge in [0, 0.05) is 11.8 Å². The highest BCUT2D eigenvalue weighted by Gasteiger charge is 2.14. The molecule has 1 aromatic carbocycles. The molecule has 0 aliphatic heterocycles. The molecule has 3 aromatic heterocycles. The Kier molecular flexibility index (Phi) is 4.01. The van der Waals surface area contributed by atoms with Gasteiger partial charge >= 0.3 is 0 Å². The van der Waals surface area contributed by atoms with Crippen molar-refractivity contribution in [2.45, 2.75) is 13.8 Å². The Hall–Kier alpha value is -3.41. The van der Waals surface area contributed by atoms with Crippen LogP contribution < -0.4 is 9.47 Å². The summed E-state index contributed by atoms with van der Waals surface area (Å²) in [5.74, 6) is 1.91. The van der Waals surface area contributed by atoms with Crippen LogP contribution in [0.5, 0.6) is 17.4 Å². The number of rotatable bonds is 4. The number of ether oxygens (including phenoxy) is 2. The lowest BCUT2D eigenvalue weighted by Gasteiger charge is -2.14.